The van der Waals surface area contributed by atoms with Crippen molar-refractivity contribution in [3.63, 3.8) is 0 Å². The summed E-state index contributed by atoms with van der Waals surface area (Å²) in [7, 11) is 1.71. The molecule has 0 heterocycles. The van der Waals surface area contributed by atoms with Gasteiger partial charge in [-0.05, 0) is 30.5 Å². The second-order valence-electron chi connectivity index (χ2n) is 3.77. The van der Waals surface area contributed by atoms with E-state index in [1.54, 1.807) is 7.05 Å². The molecular formula is C13H18NO. The van der Waals surface area contributed by atoms with Gasteiger partial charge >= 0.3 is 6.41 Å². The van der Waals surface area contributed by atoms with Crippen molar-refractivity contribution in [2.24, 2.45) is 0 Å². The summed E-state index contributed by atoms with van der Waals surface area (Å²) in [6.07, 6.45) is 6.74. The fraction of sp³-hybridized carbons (Fsp3) is 0.462. The number of benzene rings is 1. The number of nitrogens with zero attached hydrogens (tertiary/aromatic N) is 1. The first kappa shape index (κ1) is 11.8. The Morgan fingerprint density at radius 1 is 1.20 bits per heavy atom. The second kappa shape index (κ2) is 6.23. The van der Waals surface area contributed by atoms with Crippen LogP contribution in [0.25, 0.3) is 0 Å². The molecule has 0 unspecified atom stereocenters. The fourth-order valence-electron chi connectivity index (χ4n) is 1.52. The Morgan fingerprint density at radius 3 is 2.40 bits per heavy atom. The second-order valence-corrected chi connectivity index (χ2v) is 3.77. The molecule has 15 heavy (non-hydrogen) atoms. The number of unbranched alkanes of at least 4 members (excludes halogenated alkanes) is 2. The predicted octanol–water partition coefficient (Wildman–Crippen LogP) is 2.92. The van der Waals surface area contributed by atoms with Crippen LogP contribution in [0.15, 0.2) is 24.3 Å². The van der Waals surface area contributed by atoms with Gasteiger partial charge in [0.25, 0.3) is 0 Å². The molecule has 0 saturated heterocycles. The minimum absolute atomic E-state index is 0.893. The Balaban J connectivity index is 2.52. The zero-order valence-electron chi connectivity index (χ0n) is 9.49. The highest BCUT2D eigenvalue weighted by Crippen LogP contribution is 2.14. The quantitative estimate of drug-likeness (QED) is 0.515. The normalized spacial score (nSPS) is 10.0. The summed E-state index contributed by atoms with van der Waals surface area (Å²) in [5, 5.41) is 0. The standard InChI is InChI=1S/C13H18NO/c1-3-4-5-6-12-7-9-13(10-8-12)14(2)11-15/h7-10H,3-6H2,1-2H3. The van der Waals surface area contributed by atoms with Gasteiger partial charge in [0, 0.05) is 12.7 Å². The number of hydrogen-bond acceptors (Lipinski definition) is 1. The van der Waals surface area contributed by atoms with Crippen LogP contribution in [-0.4, -0.2) is 13.5 Å². The van der Waals surface area contributed by atoms with Gasteiger partial charge in [0.2, 0.25) is 0 Å². The molecule has 81 valence electrons. The molecular weight excluding hydrogens is 186 g/mol. The molecule has 0 spiro atoms. The van der Waals surface area contributed by atoms with Crippen LogP contribution < -0.4 is 4.90 Å². The molecule has 0 fully saturated rings. The fourth-order valence-corrected chi connectivity index (χ4v) is 1.52. The lowest BCUT2D eigenvalue weighted by atomic mass is 10.1. The summed E-state index contributed by atoms with van der Waals surface area (Å²) in [6.45, 7) is 2.21. The van der Waals surface area contributed by atoms with Gasteiger partial charge in [-0.25, -0.2) is 0 Å². The predicted molar refractivity (Wildman–Crippen MR) is 63.8 cm³/mol. The third kappa shape index (κ3) is 3.74. The molecule has 0 saturated carbocycles. The van der Waals surface area contributed by atoms with Gasteiger partial charge in [0.15, 0.2) is 0 Å². The Labute approximate surface area is 91.9 Å². The van der Waals surface area contributed by atoms with Gasteiger partial charge in [-0.15, -0.1) is 0 Å². The molecule has 1 radical (unpaired) electrons. The maximum atomic E-state index is 10.4. The third-order valence-corrected chi connectivity index (χ3v) is 2.53. The maximum Gasteiger partial charge on any atom is 0.316 e. The number of aryl methyl sites for hydroxylation is 1. The lowest BCUT2D eigenvalue weighted by molar-refractivity contribution is 0.554. The van der Waals surface area contributed by atoms with Crippen molar-refractivity contribution in [3.05, 3.63) is 29.8 Å². The van der Waals surface area contributed by atoms with Gasteiger partial charge in [-0.2, -0.15) is 0 Å². The Bertz CT molecular complexity index is 292. The molecule has 0 atom stereocenters. The topological polar surface area (TPSA) is 20.3 Å². The first-order valence-electron chi connectivity index (χ1n) is 5.48. The number of amides is 1. The zero-order valence-corrected chi connectivity index (χ0v) is 9.49. The average molecular weight is 204 g/mol. The van der Waals surface area contributed by atoms with Crippen LogP contribution in [0.3, 0.4) is 0 Å². The Kier molecular flexibility index (Phi) is 4.88. The Morgan fingerprint density at radius 2 is 1.87 bits per heavy atom. The van der Waals surface area contributed by atoms with Crippen molar-refractivity contribution in [2.75, 3.05) is 11.9 Å². The van der Waals surface area contributed by atoms with Crippen molar-refractivity contribution in [1.29, 1.82) is 0 Å². The van der Waals surface area contributed by atoms with Crippen LogP contribution in [0.2, 0.25) is 0 Å². The van der Waals surface area contributed by atoms with Gasteiger partial charge in [-0.3, -0.25) is 4.79 Å². The zero-order chi connectivity index (χ0) is 11.1. The maximum absolute atomic E-state index is 10.4. The van der Waals surface area contributed by atoms with E-state index in [1.165, 1.54) is 29.7 Å². The molecule has 0 aliphatic heterocycles. The van der Waals surface area contributed by atoms with E-state index in [0.717, 1.165) is 12.1 Å². The number of hydrogen-bond donors (Lipinski definition) is 0. The molecule has 1 aromatic carbocycles. The average Bonchev–Trinajstić information content (AvgIpc) is 2.29. The number of anilines is 1. The monoisotopic (exact) mass is 204 g/mol. The van der Waals surface area contributed by atoms with Crippen LogP contribution >= 0.6 is 0 Å². The van der Waals surface area contributed by atoms with Gasteiger partial charge in [0.05, 0.1) is 0 Å². The van der Waals surface area contributed by atoms with Crippen molar-refractivity contribution >= 4 is 12.1 Å². The Hall–Kier alpha value is -1.31. The first-order chi connectivity index (χ1) is 7.27. The highest BCUT2D eigenvalue weighted by atomic mass is 16.1. The van der Waals surface area contributed by atoms with Crippen LogP contribution in [-0.2, 0) is 11.2 Å². The van der Waals surface area contributed by atoms with E-state index in [0.29, 0.717) is 0 Å². The van der Waals surface area contributed by atoms with E-state index in [9.17, 15) is 4.79 Å². The van der Waals surface area contributed by atoms with E-state index in [2.05, 4.69) is 19.1 Å². The molecule has 0 aliphatic rings. The lowest BCUT2D eigenvalue weighted by Crippen LogP contribution is -2.13. The third-order valence-electron chi connectivity index (χ3n) is 2.53. The van der Waals surface area contributed by atoms with Crippen LogP contribution in [0.5, 0.6) is 0 Å². The smallest absolute Gasteiger partial charge is 0.307 e. The minimum atomic E-state index is 0.893. The minimum Gasteiger partial charge on any atom is -0.307 e. The highest BCUT2D eigenvalue weighted by Gasteiger charge is 1.99. The van der Waals surface area contributed by atoms with Crippen LogP contribution in [0.1, 0.15) is 31.7 Å². The molecule has 1 rings (SSSR count). The van der Waals surface area contributed by atoms with Gasteiger partial charge in [0.1, 0.15) is 0 Å². The lowest BCUT2D eigenvalue weighted by Gasteiger charge is -2.09. The highest BCUT2D eigenvalue weighted by molar-refractivity contribution is 5.74. The summed E-state index contributed by atoms with van der Waals surface area (Å²) >= 11 is 0. The molecule has 0 N–H and O–H groups in total. The summed E-state index contributed by atoms with van der Waals surface area (Å²) in [6, 6.07) is 8.09. The summed E-state index contributed by atoms with van der Waals surface area (Å²) in [5.41, 5.74) is 2.23. The van der Waals surface area contributed by atoms with E-state index < -0.39 is 0 Å². The largest absolute Gasteiger partial charge is 0.316 e. The first-order valence-corrected chi connectivity index (χ1v) is 5.48. The molecule has 0 aromatic heterocycles. The summed E-state index contributed by atoms with van der Waals surface area (Å²) < 4.78 is 0. The van der Waals surface area contributed by atoms with E-state index >= 15 is 0 Å². The van der Waals surface area contributed by atoms with Crippen molar-refractivity contribution in [3.8, 4) is 0 Å². The van der Waals surface area contributed by atoms with Crippen molar-refractivity contribution < 1.29 is 4.79 Å². The summed E-state index contributed by atoms with van der Waals surface area (Å²) in [5.74, 6) is 0. The molecule has 0 bridgehead atoms. The van der Waals surface area contributed by atoms with E-state index in [4.69, 9.17) is 0 Å². The molecule has 2 nitrogen and oxygen atoms in total. The molecule has 2 heteroatoms. The van der Waals surface area contributed by atoms with Crippen LogP contribution in [0, 0.1) is 0 Å². The SMILES string of the molecule is CCCCCc1ccc(N(C)[C]=O)cc1. The van der Waals surface area contributed by atoms with Gasteiger partial charge in [-0.1, -0.05) is 31.9 Å². The van der Waals surface area contributed by atoms with E-state index in [-0.39, 0.29) is 0 Å². The number of rotatable bonds is 6. The van der Waals surface area contributed by atoms with Crippen molar-refractivity contribution in [1.82, 2.24) is 0 Å². The molecule has 1 amide bonds. The molecule has 1 aromatic rings. The van der Waals surface area contributed by atoms with Crippen LogP contribution in [0.4, 0.5) is 5.69 Å². The van der Waals surface area contributed by atoms with Crippen molar-refractivity contribution in [2.45, 2.75) is 32.6 Å². The molecule has 0 aliphatic carbocycles. The van der Waals surface area contributed by atoms with E-state index in [1.807, 2.05) is 18.5 Å². The van der Waals surface area contributed by atoms with Gasteiger partial charge < -0.3 is 4.90 Å². The summed E-state index contributed by atoms with van der Waals surface area (Å²) in [4.78, 5) is 11.9. The number of carbonyl (C=O) groups excluding carboxylic acids is 1.